The molecule has 8 nitrogen and oxygen atoms in total. The molecule has 1 atom stereocenters. The summed E-state index contributed by atoms with van der Waals surface area (Å²) in [4.78, 5) is 29.0. The van der Waals surface area contributed by atoms with E-state index in [1.165, 1.54) is 13.0 Å². The number of benzene rings is 3. The molecule has 0 saturated carbocycles. The first-order valence-corrected chi connectivity index (χ1v) is 11.5. The lowest BCUT2D eigenvalue weighted by atomic mass is 10.1. The molecule has 2 N–H and O–H groups in total. The molecule has 164 valence electrons. The van der Waals surface area contributed by atoms with Gasteiger partial charge in [0.25, 0.3) is 15.9 Å². The number of aliphatic imine (C=N–C) groups is 1. The van der Waals surface area contributed by atoms with Gasteiger partial charge in [-0.25, -0.2) is 8.42 Å². The summed E-state index contributed by atoms with van der Waals surface area (Å²) < 4.78 is 31.8. The molecule has 1 heterocycles. The molecule has 0 spiro atoms. The van der Waals surface area contributed by atoms with Crippen molar-refractivity contribution in [3.05, 3.63) is 72.3 Å². The summed E-state index contributed by atoms with van der Waals surface area (Å²) in [6.07, 6.45) is -1.10. The number of rotatable bonds is 6. The van der Waals surface area contributed by atoms with Gasteiger partial charge in [-0.3, -0.25) is 19.3 Å². The Kier molecular flexibility index (Phi) is 5.91. The molecule has 0 fully saturated rings. The van der Waals surface area contributed by atoms with Crippen LogP contribution in [0.1, 0.15) is 18.9 Å². The highest BCUT2D eigenvalue weighted by Crippen LogP contribution is 2.24. The lowest BCUT2D eigenvalue weighted by Crippen LogP contribution is -2.30. The van der Waals surface area contributed by atoms with Gasteiger partial charge >= 0.3 is 5.97 Å². The molecule has 4 rings (SSSR count). The number of carbonyl (C=O) groups is 2. The fraction of sp³-hybridized carbons (Fsp3) is 0.174. The van der Waals surface area contributed by atoms with Crippen molar-refractivity contribution in [2.75, 3.05) is 11.9 Å². The van der Waals surface area contributed by atoms with Crippen molar-refractivity contribution in [1.29, 1.82) is 0 Å². The Morgan fingerprint density at radius 3 is 2.59 bits per heavy atom. The van der Waals surface area contributed by atoms with E-state index in [2.05, 4.69) is 15.0 Å². The van der Waals surface area contributed by atoms with Crippen LogP contribution in [0.15, 0.2) is 76.6 Å². The average Bonchev–Trinajstić information content (AvgIpc) is 3.04. The molecule has 1 aliphatic heterocycles. The Balaban J connectivity index is 1.33. The fourth-order valence-electron chi connectivity index (χ4n) is 3.39. The minimum atomic E-state index is -3.63. The standard InChI is InChI=1S/C23H21N3O5S/c1-15(23(28)25-19-11-6-8-16-7-2-3-9-17(16)19)31-21(27)13-14-24-22-18-10-4-5-12-20(18)32(29,30)26-22/h2-12,15H,13-14H2,1H3,(H,24,26)(H,25,28). The number of sulfonamides is 1. The Morgan fingerprint density at radius 1 is 1.03 bits per heavy atom. The van der Waals surface area contributed by atoms with Crippen molar-refractivity contribution in [2.24, 2.45) is 4.99 Å². The van der Waals surface area contributed by atoms with Gasteiger partial charge in [-0.05, 0) is 30.5 Å². The van der Waals surface area contributed by atoms with Gasteiger partial charge in [0.05, 0.1) is 17.9 Å². The second kappa shape index (κ2) is 8.80. The number of hydrogen-bond donors (Lipinski definition) is 2. The van der Waals surface area contributed by atoms with E-state index in [4.69, 9.17) is 4.74 Å². The molecule has 3 aromatic rings. The highest BCUT2D eigenvalue weighted by Gasteiger charge is 2.30. The summed E-state index contributed by atoms with van der Waals surface area (Å²) >= 11 is 0. The smallest absolute Gasteiger partial charge is 0.308 e. The summed E-state index contributed by atoms with van der Waals surface area (Å²) in [7, 11) is -3.63. The number of fused-ring (bicyclic) bond motifs is 2. The predicted octanol–water partition coefficient (Wildman–Crippen LogP) is 2.84. The zero-order chi connectivity index (χ0) is 22.7. The number of amides is 1. The third-order valence-electron chi connectivity index (χ3n) is 4.97. The zero-order valence-corrected chi connectivity index (χ0v) is 18.1. The zero-order valence-electron chi connectivity index (χ0n) is 17.2. The van der Waals surface area contributed by atoms with Crippen molar-refractivity contribution >= 4 is 44.2 Å². The molecule has 1 unspecified atom stereocenters. The molecular weight excluding hydrogens is 430 g/mol. The van der Waals surface area contributed by atoms with Crippen LogP contribution < -0.4 is 10.0 Å². The second-order valence-electron chi connectivity index (χ2n) is 7.23. The maximum Gasteiger partial charge on any atom is 0.308 e. The van der Waals surface area contributed by atoms with Crippen molar-refractivity contribution in [2.45, 2.75) is 24.3 Å². The normalized spacial score (nSPS) is 16.2. The average molecular weight is 452 g/mol. The van der Waals surface area contributed by atoms with Crippen LogP contribution >= 0.6 is 0 Å². The van der Waals surface area contributed by atoms with Crippen molar-refractivity contribution in [3.63, 3.8) is 0 Å². The van der Waals surface area contributed by atoms with Crippen LogP contribution in [0.2, 0.25) is 0 Å². The van der Waals surface area contributed by atoms with E-state index in [-0.39, 0.29) is 23.7 Å². The Hall–Kier alpha value is -3.72. The third kappa shape index (κ3) is 4.47. The monoisotopic (exact) mass is 451 g/mol. The minimum Gasteiger partial charge on any atom is -0.452 e. The van der Waals surface area contributed by atoms with E-state index in [0.29, 0.717) is 11.3 Å². The molecule has 0 bridgehead atoms. The number of carbonyl (C=O) groups excluding carboxylic acids is 2. The van der Waals surface area contributed by atoms with Crippen LogP contribution in [-0.4, -0.2) is 38.8 Å². The number of nitrogens with zero attached hydrogens (tertiary/aromatic N) is 1. The van der Waals surface area contributed by atoms with Gasteiger partial charge in [0, 0.05) is 16.6 Å². The minimum absolute atomic E-state index is 0.0166. The van der Waals surface area contributed by atoms with Crippen LogP contribution in [0.4, 0.5) is 5.69 Å². The third-order valence-corrected chi connectivity index (χ3v) is 6.37. The molecule has 0 saturated heterocycles. The lowest BCUT2D eigenvalue weighted by molar-refractivity contribution is -0.152. The lowest BCUT2D eigenvalue weighted by Gasteiger charge is -2.14. The molecular formula is C23H21N3O5S. The summed E-state index contributed by atoms with van der Waals surface area (Å²) in [5, 5.41) is 4.66. The number of nitrogens with one attached hydrogen (secondary N) is 2. The number of ether oxygens (including phenoxy) is 1. The van der Waals surface area contributed by atoms with Gasteiger partial charge in [-0.1, -0.05) is 48.5 Å². The van der Waals surface area contributed by atoms with E-state index < -0.39 is 28.0 Å². The van der Waals surface area contributed by atoms with Crippen molar-refractivity contribution < 1.29 is 22.7 Å². The van der Waals surface area contributed by atoms with E-state index in [9.17, 15) is 18.0 Å². The van der Waals surface area contributed by atoms with E-state index in [1.54, 1.807) is 24.3 Å². The van der Waals surface area contributed by atoms with Crippen LogP contribution in [-0.2, 0) is 24.3 Å². The fourth-order valence-corrected chi connectivity index (χ4v) is 4.64. The molecule has 0 aliphatic carbocycles. The van der Waals surface area contributed by atoms with Gasteiger partial charge in [-0.2, -0.15) is 0 Å². The second-order valence-corrected chi connectivity index (χ2v) is 8.88. The van der Waals surface area contributed by atoms with E-state index in [0.717, 1.165) is 10.8 Å². The van der Waals surface area contributed by atoms with Crippen LogP contribution in [0.3, 0.4) is 0 Å². The number of esters is 1. The van der Waals surface area contributed by atoms with Crippen LogP contribution in [0.25, 0.3) is 10.8 Å². The van der Waals surface area contributed by atoms with E-state index in [1.807, 2.05) is 36.4 Å². The van der Waals surface area contributed by atoms with Crippen molar-refractivity contribution in [3.8, 4) is 0 Å². The van der Waals surface area contributed by atoms with E-state index >= 15 is 0 Å². The van der Waals surface area contributed by atoms with Gasteiger partial charge < -0.3 is 10.1 Å². The Labute approximate surface area is 185 Å². The highest BCUT2D eigenvalue weighted by atomic mass is 32.2. The molecule has 9 heteroatoms. The topological polar surface area (TPSA) is 114 Å². The number of amidine groups is 1. The quantitative estimate of drug-likeness (QED) is 0.560. The summed E-state index contributed by atoms with van der Waals surface area (Å²) in [6, 6.07) is 19.7. The van der Waals surface area contributed by atoms with Crippen LogP contribution in [0.5, 0.6) is 0 Å². The SMILES string of the molecule is CC(OC(=O)CCN=C1NS(=O)(=O)c2ccccc21)C(=O)Nc1cccc2ccccc12. The summed E-state index contributed by atoms with van der Waals surface area (Å²) in [5.41, 5.74) is 1.10. The summed E-state index contributed by atoms with van der Waals surface area (Å²) in [5.74, 6) is -0.863. The van der Waals surface area contributed by atoms with Gasteiger partial charge in [-0.15, -0.1) is 0 Å². The number of hydrogen-bond acceptors (Lipinski definition) is 6. The first kappa shape index (κ1) is 21.5. The molecule has 0 aromatic heterocycles. The predicted molar refractivity (Wildman–Crippen MR) is 121 cm³/mol. The van der Waals surface area contributed by atoms with Gasteiger partial charge in [0.1, 0.15) is 5.84 Å². The first-order valence-electron chi connectivity index (χ1n) is 10.00. The Bertz CT molecular complexity index is 1330. The van der Waals surface area contributed by atoms with Gasteiger partial charge in [0.15, 0.2) is 6.10 Å². The maximum absolute atomic E-state index is 12.5. The highest BCUT2D eigenvalue weighted by molar-refractivity contribution is 7.90. The molecule has 3 aromatic carbocycles. The summed E-state index contributed by atoms with van der Waals surface area (Å²) in [6.45, 7) is 1.51. The van der Waals surface area contributed by atoms with Crippen LogP contribution in [0, 0.1) is 0 Å². The molecule has 32 heavy (non-hydrogen) atoms. The largest absolute Gasteiger partial charge is 0.452 e. The van der Waals surface area contributed by atoms with Gasteiger partial charge in [0.2, 0.25) is 0 Å². The first-order chi connectivity index (χ1) is 15.3. The molecule has 1 amide bonds. The molecule has 0 radical (unpaired) electrons. The number of anilines is 1. The maximum atomic E-state index is 12.5. The molecule has 1 aliphatic rings. The Morgan fingerprint density at radius 2 is 1.75 bits per heavy atom. The van der Waals surface area contributed by atoms with Crippen molar-refractivity contribution in [1.82, 2.24) is 4.72 Å².